The fourth-order valence-electron chi connectivity index (χ4n) is 1.70. The van der Waals surface area contributed by atoms with E-state index in [1.54, 1.807) is 22.2 Å². The highest BCUT2D eigenvalue weighted by Gasteiger charge is 2.41. The maximum Gasteiger partial charge on any atom is 0.326 e. The van der Waals surface area contributed by atoms with Gasteiger partial charge in [0.15, 0.2) is 5.82 Å². The van der Waals surface area contributed by atoms with Crippen LogP contribution in [0.5, 0.6) is 0 Å². The molecular weight excluding hydrogens is 204 g/mol. The van der Waals surface area contributed by atoms with Gasteiger partial charge in [-0.1, -0.05) is 0 Å². The molecule has 1 aromatic heterocycles. The van der Waals surface area contributed by atoms with E-state index in [1.807, 2.05) is 27.8 Å². The Hall–Kier alpha value is -1.65. The predicted octanol–water partition coefficient (Wildman–Crippen LogP) is 1.44. The predicted molar refractivity (Wildman–Crippen MR) is 61.4 cm³/mol. The third-order valence-corrected chi connectivity index (χ3v) is 3.01. The Bertz CT molecular complexity index is 412. The number of anilines is 1. The standard InChI is InChI=1S/C11H16N4O/c1-8-5-13-9(6-12-8)15-7-11(2,3)14(4)10(15)16/h5-6H,7H2,1-4H3. The van der Waals surface area contributed by atoms with Crippen molar-refractivity contribution < 1.29 is 4.79 Å². The third kappa shape index (κ3) is 1.62. The number of aromatic nitrogens is 2. The number of aryl methyl sites for hydroxylation is 1. The van der Waals surface area contributed by atoms with E-state index in [0.717, 1.165) is 5.69 Å². The van der Waals surface area contributed by atoms with Crippen LogP contribution in [0.2, 0.25) is 0 Å². The van der Waals surface area contributed by atoms with Crippen LogP contribution in [0.15, 0.2) is 12.4 Å². The molecule has 0 aromatic carbocycles. The van der Waals surface area contributed by atoms with E-state index in [2.05, 4.69) is 9.97 Å². The van der Waals surface area contributed by atoms with Crippen molar-refractivity contribution in [2.75, 3.05) is 18.5 Å². The normalized spacial score (nSPS) is 19.4. The molecule has 0 atom stereocenters. The molecule has 2 rings (SSSR count). The van der Waals surface area contributed by atoms with Crippen LogP contribution in [-0.2, 0) is 0 Å². The van der Waals surface area contributed by atoms with Crippen LogP contribution in [0.4, 0.5) is 10.6 Å². The number of amides is 2. The Kier molecular flexibility index (Phi) is 2.33. The summed E-state index contributed by atoms with van der Waals surface area (Å²) in [6.07, 6.45) is 3.32. The van der Waals surface area contributed by atoms with Gasteiger partial charge in [-0.3, -0.25) is 9.88 Å². The summed E-state index contributed by atoms with van der Waals surface area (Å²) >= 11 is 0. The van der Waals surface area contributed by atoms with Crippen molar-refractivity contribution >= 4 is 11.8 Å². The van der Waals surface area contributed by atoms with Gasteiger partial charge >= 0.3 is 6.03 Å². The van der Waals surface area contributed by atoms with Crippen LogP contribution in [-0.4, -0.2) is 40.0 Å². The number of likely N-dealkylation sites (N-methyl/N-ethyl adjacent to an activating group) is 1. The summed E-state index contributed by atoms with van der Waals surface area (Å²) < 4.78 is 0. The van der Waals surface area contributed by atoms with Gasteiger partial charge in [-0.2, -0.15) is 0 Å². The first-order valence-corrected chi connectivity index (χ1v) is 5.26. The number of urea groups is 1. The average Bonchev–Trinajstić information content (AvgIpc) is 2.44. The molecule has 0 spiro atoms. The quantitative estimate of drug-likeness (QED) is 0.719. The van der Waals surface area contributed by atoms with E-state index in [1.165, 1.54) is 0 Å². The van der Waals surface area contributed by atoms with E-state index < -0.39 is 0 Å². The first-order chi connectivity index (χ1) is 7.42. The highest BCUT2D eigenvalue weighted by molar-refractivity contribution is 5.93. The van der Waals surface area contributed by atoms with E-state index in [0.29, 0.717) is 12.4 Å². The van der Waals surface area contributed by atoms with Gasteiger partial charge in [0.05, 0.1) is 30.2 Å². The number of carbonyl (C=O) groups excluding carboxylic acids is 1. The average molecular weight is 220 g/mol. The number of carbonyl (C=O) groups is 1. The Morgan fingerprint density at radius 3 is 2.44 bits per heavy atom. The SMILES string of the molecule is Cc1cnc(N2CC(C)(C)N(C)C2=O)cn1. The second kappa shape index (κ2) is 3.43. The fourth-order valence-corrected chi connectivity index (χ4v) is 1.70. The van der Waals surface area contributed by atoms with Gasteiger partial charge in [0.2, 0.25) is 0 Å². The highest BCUT2D eigenvalue weighted by Crippen LogP contribution is 2.27. The van der Waals surface area contributed by atoms with Crippen LogP contribution >= 0.6 is 0 Å². The Morgan fingerprint density at radius 1 is 1.31 bits per heavy atom. The minimum Gasteiger partial charge on any atom is -0.320 e. The number of rotatable bonds is 1. The van der Waals surface area contributed by atoms with Gasteiger partial charge in [-0.05, 0) is 20.8 Å². The van der Waals surface area contributed by atoms with Crippen LogP contribution < -0.4 is 4.90 Å². The molecule has 1 saturated heterocycles. The van der Waals surface area contributed by atoms with Crippen LogP contribution in [0.25, 0.3) is 0 Å². The molecule has 0 N–H and O–H groups in total. The highest BCUT2D eigenvalue weighted by atomic mass is 16.2. The molecule has 1 fully saturated rings. The summed E-state index contributed by atoms with van der Waals surface area (Å²) in [7, 11) is 1.81. The van der Waals surface area contributed by atoms with Crippen molar-refractivity contribution in [1.82, 2.24) is 14.9 Å². The molecule has 86 valence electrons. The van der Waals surface area contributed by atoms with Crippen LogP contribution in [0.1, 0.15) is 19.5 Å². The number of nitrogens with zero attached hydrogens (tertiary/aromatic N) is 4. The molecule has 16 heavy (non-hydrogen) atoms. The molecule has 0 bridgehead atoms. The lowest BCUT2D eigenvalue weighted by atomic mass is 10.1. The lowest BCUT2D eigenvalue weighted by Gasteiger charge is -2.24. The topological polar surface area (TPSA) is 49.3 Å². The summed E-state index contributed by atoms with van der Waals surface area (Å²) in [5, 5.41) is 0. The summed E-state index contributed by atoms with van der Waals surface area (Å²) in [6.45, 7) is 6.58. The van der Waals surface area contributed by atoms with E-state index >= 15 is 0 Å². The molecule has 1 aromatic rings. The number of hydrogen-bond donors (Lipinski definition) is 0. The molecule has 0 unspecified atom stereocenters. The Balaban J connectivity index is 2.30. The maximum atomic E-state index is 12.0. The fraction of sp³-hybridized carbons (Fsp3) is 0.545. The zero-order chi connectivity index (χ0) is 11.9. The zero-order valence-corrected chi connectivity index (χ0v) is 10.1. The summed E-state index contributed by atoms with van der Waals surface area (Å²) in [4.78, 5) is 23.8. The molecule has 0 saturated carbocycles. The van der Waals surface area contributed by atoms with Crippen molar-refractivity contribution in [3.05, 3.63) is 18.1 Å². The first kappa shape index (κ1) is 10.9. The Morgan fingerprint density at radius 2 is 2.00 bits per heavy atom. The van der Waals surface area contributed by atoms with Crippen LogP contribution in [0, 0.1) is 6.92 Å². The van der Waals surface area contributed by atoms with Crippen molar-refractivity contribution in [2.24, 2.45) is 0 Å². The van der Waals surface area contributed by atoms with Gasteiger partial charge in [0.25, 0.3) is 0 Å². The lowest BCUT2D eigenvalue weighted by Crippen LogP contribution is -2.38. The van der Waals surface area contributed by atoms with Gasteiger partial charge in [-0.15, -0.1) is 0 Å². The smallest absolute Gasteiger partial charge is 0.320 e. The van der Waals surface area contributed by atoms with Crippen molar-refractivity contribution in [3.8, 4) is 0 Å². The molecule has 0 aliphatic carbocycles. The van der Waals surface area contributed by atoms with Crippen molar-refractivity contribution in [1.29, 1.82) is 0 Å². The second-order valence-corrected chi connectivity index (χ2v) is 4.76. The van der Waals surface area contributed by atoms with Crippen LogP contribution in [0.3, 0.4) is 0 Å². The Labute approximate surface area is 95.1 Å². The zero-order valence-electron chi connectivity index (χ0n) is 10.1. The number of hydrogen-bond acceptors (Lipinski definition) is 3. The monoisotopic (exact) mass is 220 g/mol. The van der Waals surface area contributed by atoms with Gasteiger partial charge < -0.3 is 4.90 Å². The summed E-state index contributed by atoms with van der Waals surface area (Å²) in [5.74, 6) is 0.619. The minimum absolute atomic E-state index is 0.0249. The molecule has 1 aliphatic heterocycles. The maximum absolute atomic E-state index is 12.0. The first-order valence-electron chi connectivity index (χ1n) is 5.26. The molecule has 2 heterocycles. The van der Waals surface area contributed by atoms with Crippen molar-refractivity contribution in [3.63, 3.8) is 0 Å². The van der Waals surface area contributed by atoms with E-state index in [4.69, 9.17) is 0 Å². The van der Waals surface area contributed by atoms with Gasteiger partial charge in [0.1, 0.15) is 0 Å². The minimum atomic E-state index is -0.163. The molecule has 1 aliphatic rings. The molecule has 0 radical (unpaired) electrons. The van der Waals surface area contributed by atoms with E-state index in [-0.39, 0.29) is 11.6 Å². The van der Waals surface area contributed by atoms with E-state index in [9.17, 15) is 4.79 Å². The second-order valence-electron chi connectivity index (χ2n) is 4.76. The summed E-state index contributed by atoms with van der Waals surface area (Å²) in [6, 6.07) is -0.0249. The van der Waals surface area contributed by atoms with Gasteiger partial charge in [0, 0.05) is 7.05 Å². The molecule has 2 amide bonds. The third-order valence-electron chi connectivity index (χ3n) is 3.01. The molecular formula is C11H16N4O. The molecule has 5 nitrogen and oxygen atoms in total. The summed E-state index contributed by atoms with van der Waals surface area (Å²) in [5.41, 5.74) is 0.687. The lowest BCUT2D eigenvalue weighted by molar-refractivity contribution is 0.198. The van der Waals surface area contributed by atoms with Crippen molar-refractivity contribution in [2.45, 2.75) is 26.3 Å². The largest absolute Gasteiger partial charge is 0.326 e. The molecule has 5 heteroatoms. The van der Waals surface area contributed by atoms with Gasteiger partial charge in [-0.25, -0.2) is 9.78 Å².